The summed E-state index contributed by atoms with van der Waals surface area (Å²) >= 11 is 3.10. The van der Waals surface area contributed by atoms with E-state index in [1.165, 1.54) is 6.07 Å². The third kappa shape index (κ3) is 1.70. The number of H-pyrrole nitrogens is 1. The summed E-state index contributed by atoms with van der Waals surface area (Å²) in [6.07, 6.45) is 0. The summed E-state index contributed by atoms with van der Waals surface area (Å²) in [6, 6.07) is 6.83. The van der Waals surface area contributed by atoms with Gasteiger partial charge in [-0.2, -0.15) is 5.10 Å². The molecule has 2 rings (SSSR count). The van der Waals surface area contributed by atoms with E-state index in [9.17, 15) is 4.39 Å². The van der Waals surface area contributed by atoms with Crippen LogP contribution in [0, 0.1) is 12.7 Å². The molecule has 0 aliphatic rings. The number of nitrogens with zero attached hydrogens (tertiary/aromatic N) is 1. The maximum absolute atomic E-state index is 13.2. The number of benzene rings is 1. The molecular formula is C10H8BrFN2. The van der Waals surface area contributed by atoms with Gasteiger partial charge in [0.05, 0.1) is 10.2 Å². The lowest BCUT2D eigenvalue weighted by Crippen LogP contribution is -1.81. The van der Waals surface area contributed by atoms with Crippen LogP contribution < -0.4 is 0 Å². The highest BCUT2D eigenvalue weighted by Crippen LogP contribution is 2.23. The van der Waals surface area contributed by atoms with Crippen LogP contribution in [0.3, 0.4) is 0 Å². The van der Waals surface area contributed by atoms with Crippen molar-refractivity contribution in [3.8, 4) is 11.3 Å². The molecule has 1 N–H and O–H groups in total. The van der Waals surface area contributed by atoms with E-state index in [0.29, 0.717) is 4.47 Å². The van der Waals surface area contributed by atoms with Crippen molar-refractivity contribution in [2.45, 2.75) is 6.92 Å². The molecule has 0 atom stereocenters. The molecule has 72 valence electrons. The molecule has 0 radical (unpaired) electrons. The minimum atomic E-state index is -0.275. The Hall–Kier alpha value is -1.16. The van der Waals surface area contributed by atoms with Crippen LogP contribution in [0.25, 0.3) is 11.3 Å². The highest BCUT2D eigenvalue weighted by Gasteiger charge is 2.05. The Balaban J connectivity index is 2.47. The first kappa shape index (κ1) is 9.40. The molecule has 2 aromatic rings. The molecule has 2 nitrogen and oxygen atoms in total. The molecule has 0 spiro atoms. The molecule has 0 bridgehead atoms. The number of hydrogen-bond donors (Lipinski definition) is 1. The van der Waals surface area contributed by atoms with E-state index in [1.807, 2.05) is 19.1 Å². The van der Waals surface area contributed by atoms with Crippen LogP contribution >= 0.6 is 15.9 Å². The molecule has 14 heavy (non-hydrogen) atoms. The zero-order valence-corrected chi connectivity index (χ0v) is 9.10. The molecule has 0 saturated carbocycles. The van der Waals surface area contributed by atoms with Crippen molar-refractivity contribution in [3.05, 3.63) is 40.2 Å². The van der Waals surface area contributed by atoms with Crippen molar-refractivity contribution in [3.63, 3.8) is 0 Å². The van der Waals surface area contributed by atoms with Crippen LogP contribution in [-0.4, -0.2) is 10.2 Å². The van der Waals surface area contributed by atoms with E-state index < -0.39 is 0 Å². The first-order valence-corrected chi connectivity index (χ1v) is 4.93. The van der Waals surface area contributed by atoms with Crippen LogP contribution in [-0.2, 0) is 0 Å². The van der Waals surface area contributed by atoms with Gasteiger partial charge in [-0.25, -0.2) is 4.39 Å². The van der Waals surface area contributed by atoms with Crippen molar-refractivity contribution < 1.29 is 4.39 Å². The quantitative estimate of drug-likeness (QED) is 0.832. The van der Waals surface area contributed by atoms with Gasteiger partial charge in [-0.1, -0.05) is 6.07 Å². The molecule has 1 aromatic carbocycles. The Bertz CT molecular complexity index is 465. The maximum Gasteiger partial charge on any atom is 0.138 e. The normalized spacial score (nSPS) is 10.5. The van der Waals surface area contributed by atoms with E-state index in [1.54, 1.807) is 6.07 Å². The predicted molar refractivity (Wildman–Crippen MR) is 56.4 cm³/mol. The molecular weight excluding hydrogens is 247 g/mol. The highest BCUT2D eigenvalue weighted by molar-refractivity contribution is 9.10. The van der Waals surface area contributed by atoms with Crippen molar-refractivity contribution in [1.29, 1.82) is 0 Å². The zero-order chi connectivity index (χ0) is 10.1. The zero-order valence-electron chi connectivity index (χ0n) is 7.51. The molecule has 0 amide bonds. The summed E-state index contributed by atoms with van der Waals surface area (Å²) in [4.78, 5) is 0. The molecule has 0 aliphatic carbocycles. The summed E-state index contributed by atoms with van der Waals surface area (Å²) in [5, 5.41) is 6.87. The second-order valence-corrected chi connectivity index (χ2v) is 3.92. The number of hydrogen-bond acceptors (Lipinski definition) is 1. The predicted octanol–water partition coefficient (Wildman–Crippen LogP) is 3.29. The average Bonchev–Trinajstić information content (AvgIpc) is 2.57. The Kier molecular flexibility index (Phi) is 2.37. The van der Waals surface area contributed by atoms with Gasteiger partial charge in [0.25, 0.3) is 0 Å². The standard InChI is InChI=1S/C10H8BrFN2/c1-6-4-10(14-13-6)7-2-3-8(11)9(12)5-7/h2-5H,1H3,(H,13,14). The molecule has 0 aliphatic heterocycles. The van der Waals surface area contributed by atoms with E-state index in [0.717, 1.165) is 17.0 Å². The number of nitrogens with one attached hydrogen (secondary N) is 1. The van der Waals surface area contributed by atoms with Gasteiger partial charge in [-0.15, -0.1) is 0 Å². The maximum atomic E-state index is 13.2. The molecule has 0 fully saturated rings. The summed E-state index contributed by atoms with van der Waals surface area (Å²) in [5.74, 6) is -0.275. The number of aromatic amines is 1. The second-order valence-electron chi connectivity index (χ2n) is 3.07. The van der Waals surface area contributed by atoms with E-state index in [-0.39, 0.29) is 5.82 Å². The number of halogens is 2. The van der Waals surface area contributed by atoms with Crippen molar-refractivity contribution in [1.82, 2.24) is 10.2 Å². The number of rotatable bonds is 1. The third-order valence-electron chi connectivity index (χ3n) is 1.92. The smallest absolute Gasteiger partial charge is 0.138 e. The average molecular weight is 255 g/mol. The highest BCUT2D eigenvalue weighted by atomic mass is 79.9. The molecule has 0 saturated heterocycles. The second kappa shape index (κ2) is 3.53. The fraction of sp³-hybridized carbons (Fsp3) is 0.100. The van der Waals surface area contributed by atoms with E-state index >= 15 is 0 Å². The monoisotopic (exact) mass is 254 g/mol. The summed E-state index contributed by atoms with van der Waals surface area (Å²) in [7, 11) is 0. The van der Waals surface area contributed by atoms with Crippen LogP contribution in [0.5, 0.6) is 0 Å². The van der Waals surface area contributed by atoms with Crippen molar-refractivity contribution in [2.24, 2.45) is 0 Å². The largest absolute Gasteiger partial charge is 0.282 e. The Morgan fingerprint density at radius 3 is 2.71 bits per heavy atom. The molecule has 0 unspecified atom stereocenters. The minimum Gasteiger partial charge on any atom is -0.282 e. The van der Waals surface area contributed by atoms with Crippen LogP contribution in [0.2, 0.25) is 0 Å². The van der Waals surface area contributed by atoms with Gasteiger partial charge in [-0.3, -0.25) is 5.10 Å². The van der Waals surface area contributed by atoms with Gasteiger partial charge in [0.1, 0.15) is 5.82 Å². The third-order valence-corrected chi connectivity index (χ3v) is 2.56. The first-order chi connectivity index (χ1) is 6.66. The minimum absolute atomic E-state index is 0.275. The Morgan fingerprint density at radius 1 is 1.36 bits per heavy atom. The van der Waals surface area contributed by atoms with Gasteiger partial charge < -0.3 is 0 Å². The number of aryl methyl sites for hydroxylation is 1. The van der Waals surface area contributed by atoms with Gasteiger partial charge in [-0.05, 0) is 41.1 Å². The van der Waals surface area contributed by atoms with Crippen LogP contribution in [0.4, 0.5) is 4.39 Å². The lowest BCUT2D eigenvalue weighted by molar-refractivity contribution is 0.621. The lowest BCUT2D eigenvalue weighted by Gasteiger charge is -1.97. The Morgan fingerprint density at radius 2 is 2.14 bits per heavy atom. The topological polar surface area (TPSA) is 28.7 Å². The summed E-state index contributed by atoms with van der Waals surface area (Å²) in [5.41, 5.74) is 2.49. The summed E-state index contributed by atoms with van der Waals surface area (Å²) in [6.45, 7) is 1.91. The lowest BCUT2D eigenvalue weighted by atomic mass is 10.1. The van der Waals surface area contributed by atoms with Crippen molar-refractivity contribution in [2.75, 3.05) is 0 Å². The molecule has 1 aromatic heterocycles. The van der Waals surface area contributed by atoms with Gasteiger partial charge in [0.2, 0.25) is 0 Å². The van der Waals surface area contributed by atoms with Crippen LogP contribution in [0.1, 0.15) is 5.69 Å². The fourth-order valence-electron chi connectivity index (χ4n) is 1.22. The van der Waals surface area contributed by atoms with Gasteiger partial charge in [0, 0.05) is 11.3 Å². The van der Waals surface area contributed by atoms with Gasteiger partial charge >= 0.3 is 0 Å². The molecule has 1 heterocycles. The van der Waals surface area contributed by atoms with E-state index in [2.05, 4.69) is 26.1 Å². The van der Waals surface area contributed by atoms with Gasteiger partial charge in [0.15, 0.2) is 0 Å². The number of aromatic nitrogens is 2. The molecule has 4 heteroatoms. The first-order valence-electron chi connectivity index (χ1n) is 4.14. The summed E-state index contributed by atoms with van der Waals surface area (Å²) < 4.78 is 13.7. The fourth-order valence-corrected chi connectivity index (χ4v) is 1.47. The van der Waals surface area contributed by atoms with Crippen LogP contribution in [0.15, 0.2) is 28.7 Å². The SMILES string of the molecule is Cc1cc(-c2ccc(Br)c(F)c2)n[nH]1. The Labute approximate surface area is 89.3 Å². The van der Waals surface area contributed by atoms with Crippen molar-refractivity contribution >= 4 is 15.9 Å². The van der Waals surface area contributed by atoms with E-state index in [4.69, 9.17) is 0 Å².